The van der Waals surface area contributed by atoms with Crippen LogP contribution in [0.4, 0.5) is 5.69 Å². The first-order valence-electron chi connectivity index (χ1n) is 4.67. The summed E-state index contributed by atoms with van der Waals surface area (Å²) in [4.78, 5) is 0. The number of aromatic amines is 1. The van der Waals surface area contributed by atoms with Gasteiger partial charge in [-0.3, -0.25) is 14.5 Å². The van der Waals surface area contributed by atoms with Gasteiger partial charge >= 0.3 is 0 Å². The summed E-state index contributed by atoms with van der Waals surface area (Å²) in [7, 11) is -2.11. The molecule has 0 fully saturated rings. The number of sulfonamides is 1. The van der Waals surface area contributed by atoms with Crippen molar-refractivity contribution in [1.82, 2.24) is 20.0 Å². The summed E-state index contributed by atoms with van der Waals surface area (Å²) in [6.45, 7) is -0.403. The van der Waals surface area contributed by atoms with Gasteiger partial charge in [0.25, 0.3) is 10.0 Å². The smallest absolute Gasteiger partial charge is 0.279 e. The molecule has 2 rings (SSSR count). The quantitative estimate of drug-likeness (QED) is 0.679. The topological polar surface area (TPSA) is 113 Å². The Morgan fingerprint density at radius 2 is 2.29 bits per heavy atom. The van der Waals surface area contributed by atoms with Crippen molar-refractivity contribution in [2.75, 3.05) is 4.72 Å². The molecule has 92 valence electrons. The van der Waals surface area contributed by atoms with E-state index in [1.165, 1.54) is 23.3 Å². The predicted molar refractivity (Wildman–Crippen MR) is 58.5 cm³/mol. The largest absolute Gasteiger partial charge is 0.392 e. The molecule has 0 spiro atoms. The molecule has 0 aliphatic rings. The Morgan fingerprint density at radius 3 is 2.88 bits per heavy atom. The van der Waals surface area contributed by atoms with E-state index < -0.39 is 16.6 Å². The molecule has 0 aliphatic heterocycles. The molecular weight excluding hydrogens is 246 g/mol. The average Bonchev–Trinajstić information content (AvgIpc) is 2.86. The van der Waals surface area contributed by atoms with E-state index in [4.69, 9.17) is 5.11 Å². The summed E-state index contributed by atoms with van der Waals surface area (Å²) in [5.41, 5.74) is 0.549. The lowest BCUT2D eigenvalue weighted by Crippen LogP contribution is -2.14. The first-order valence-corrected chi connectivity index (χ1v) is 6.16. The highest BCUT2D eigenvalue weighted by atomic mass is 32.2. The van der Waals surface area contributed by atoms with Crippen molar-refractivity contribution in [3.8, 4) is 0 Å². The average molecular weight is 257 g/mol. The van der Waals surface area contributed by atoms with Crippen LogP contribution in [0.1, 0.15) is 5.56 Å². The SMILES string of the molecule is Cn1cc(NS(=O)(=O)c2[nH]ncc2CO)cn1. The van der Waals surface area contributed by atoms with E-state index in [1.54, 1.807) is 7.05 Å². The Kier molecular flexibility index (Phi) is 2.86. The van der Waals surface area contributed by atoms with Crippen molar-refractivity contribution in [2.24, 2.45) is 7.05 Å². The van der Waals surface area contributed by atoms with Gasteiger partial charge in [-0.05, 0) is 0 Å². The molecule has 0 aliphatic carbocycles. The lowest BCUT2D eigenvalue weighted by atomic mass is 10.4. The zero-order valence-electron chi connectivity index (χ0n) is 8.95. The molecular formula is C8H11N5O3S. The van der Waals surface area contributed by atoms with E-state index in [9.17, 15) is 8.42 Å². The minimum Gasteiger partial charge on any atom is -0.392 e. The molecule has 0 bridgehead atoms. The summed E-state index contributed by atoms with van der Waals surface area (Å²) >= 11 is 0. The molecule has 0 atom stereocenters. The molecule has 3 N–H and O–H groups in total. The van der Waals surface area contributed by atoms with Gasteiger partial charge in [-0.15, -0.1) is 0 Å². The molecule has 0 radical (unpaired) electrons. The zero-order chi connectivity index (χ0) is 12.5. The zero-order valence-corrected chi connectivity index (χ0v) is 9.77. The Bertz CT molecular complexity index is 615. The van der Waals surface area contributed by atoms with Crippen molar-refractivity contribution in [3.63, 3.8) is 0 Å². The van der Waals surface area contributed by atoms with E-state index >= 15 is 0 Å². The van der Waals surface area contributed by atoms with Gasteiger partial charge in [-0.2, -0.15) is 18.6 Å². The normalized spacial score (nSPS) is 11.6. The number of rotatable bonds is 4. The number of hydrogen-bond donors (Lipinski definition) is 3. The maximum absolute atomic E-state index is 11.9. The number of aromatic nitrogens is 4. The summed E-state index contributed by atoms with van der Waals surface area (Å²) in [6.07, 6.45) is 4.16. The van der Waals surface area contributed by atoms with Crippen molar-refractivity contribution in [2.45, 2.75) is 11.6 Å². The number of anilines is 1. The van der Waals surface area contributed by atoms with Gasteiger partial charge in [0, 0.05) is 18.8 Å². The predicted octanol–water partition coefficient (Wildman–Crippen LogP) is -0.564. The molecule has 2 aromatic heterocycles. The number of aliphatic hydroxyl groups excluding tert-OH is 1. The van der Waals surface area contributed by atoms with Gasteiger partial charge in [-0.25, -0.2) is 0 Å². The molecule has 0 unspecified atom stereocenters. The minimum absolute atomic E-state index is 0.149. The van der Waals surface area contributed by atoms with Crippen LogP contribution in [0.15, 0.2) is 23.6 Å². The van der Waals surface area contributed by atoms with Crippen LogP contribution in [0.5, 0.6) is 0 Å². The maximum Gasteiger partial charge on any atom is 0.279 e. The number of aryl methyl sites for hydroxylation is 1. The van der Waals surface area contributed by atoms with Crippen LogP contribution in [0.25, 0.3) is 0 Å². The molecule has 0 amide bonds. The molecule has 8 nitrogen and oxygen atoms in total. The van der Waals surface area contributed by atoms with Gasteiger partial charge in [-0.1, -0.05) is 0 Å². The highest BCUT2D eigenvalue weighted by Gasteiger charge is 2.20. The summed E-state index contributed by atoms with van der Waals surface area (Å²) < 4.78 is 27.6. The number of nitrogens with one attached hydrogen (secondary N) is 2. The number of aliphatic hydroxyl groups is 1. The number of H-pyrrole nitrogens is 1. The van der Waals surface area contributed by atoms with E-state index in [-0.39, 0.29) is 10.6 Å². The van der Waals surface area contributed by atoms with Crippen molar-refractivity contribution >= 4 is 15.7 Å². The van der Waals surface area contributed by atoms with Crippen LogP contribution >= 0.6 is 0 Å². The lowest BCUT2D eigenvalue weighted by Gasteiger charge is -2.04. The van der Waals surface area contributed by atoms with Gasteiger partial charge in [0.2, 0.25) is 0 Å². The first-order chi connectivity index (χ1) is 8.03. The second-order valence-electron chi connectivity index (χ2n) is 3.39. The summed E-state index contributed by atoms with van der Waals surface area (Å²) in [5.74, 6) is 0. The van der Waals surface area contributed by atoms with Crippen LogP contribution in [-0.2, 0) is 23.7 Å². The van der Waals surface area contributed by atoms with E-state index in [0.29, 0.717) is 5.69 Å². The third-order valence-corrected chi connectivity index (χ3v) is 3.47. The lowest BCUT2D eigenvalue weighted by molar-refractivity contribution is 0.278. The first kappa shape index (κ1) is 11.6. The molecule has 0 aromatic carbocycles. The number of nitrogens with zero attached hydrogens (tertiary/aromatic N) is 3. The Balaban J connectivity index is 2.31. The molecule has 2 heterocycles. The Hall–Kier alpha value is -1.87. The fraction of sp³-hybridized carbons (Fsp3) is 0.250. The minimum atomic E-state index is -3.78. The second kappa shape index (κ2) is 4.18. The standard InChI is InChI=1S/C8H11N5O3S/c1-13-4-7(3-10-13)12-17(15,16)8-6(5-14)2-9-11-8/h2-4,12,14H,5H2,1H3,(H,9,11). The molecule has 0 saturated heterocycles. The van der Waals surface area contributed by atoms with Crippen LogP contribution in [0.3, 0.4) is 0 Å². The van der Waals surface area contributed by atoms with Crippen LogP contribution in [-0.4, -0.2) is 33.5 Å². The van der Waals surface area contributed by atoms with Gasteiger partial charge in [0.15, 0.2) is 5.03 Å². The third kappa shape index (κ3) is 2.29. The van der Waals surface area contributed by atoms with Gasteiger partial charge in [0.05, 0.1) is 24.7 Å². The van der Waals surface area contributed by atoms with Crippen LogP contribution in [0, 0.1) is 0 Å². The summed E-state index contributed by atoms with van der Waals surface area (Å²) in [5, 5.41) is 18.6. The highest BCUT2D eigenvalue weighted by Crippen LogP contribution is 2.16. The van der Waals surface area contributed by atoms with Crippen LogP contribution < -0.4 is 4.72 Å². The Morgan fingerprint density at radius 1 is 1.53 bits per heavy atom. The second-order valence-corrected chi connectivity index (χ2v) is 5.01. The fourth-order valence-electron chi connectivity index (χ4n) is 1.32. The maximum atomic E-state index is 11.9. The van der Waals surface area contributed by atoms with Crippen molar-refractivity contribution in [3.05, 3.63) is 24.2 Å². The van der Waals surface area contributed by atoms with E-state index in [0.717, 1.165) is 0 Å². The van der Waals surface area contributed by atoms with Gasteiger partial charge < -0.3 is 5.11 Å². The molecule has 2 aromatic rings. The van der Waals surface area contributed by atoms with Crippen LogP contribution in [0.2, 0.25) is 0 Å². The molecule has 9 heteroatoms. The third-order valence-electron chi connectivity index (χ3n) is 2.07. The highest BCUT2D eigenvalue weighted by molar-refractivity contribution is 7.92. The monoisotopic (exact) mass is 257 g/mol. The van der Waals surface area contributed by atoms with E-state index in [2.05, 4.69) is 20.0 Å². The fourth-order valence-corrected chi connectivity index (χ4v) is 2.48. The number of hydrogen-bond acceptors (Lipinski definition) is 5. The Labute approximate surface area is 97.3 Å². The molecule has 17 heavy (non-hydrogen) atoms. The van der Waals surface area contributed by atoms with Crippen molar-refractivity contribution < 1.29 is 13.5 Å². The summed E-state index contributed by atoms with van der Waals surface area (Å²) in [6, 6.07) is 0. The van der Waals surface area contributed by atoms with Crippen molar-refractivity contribution in [1.29, 1.82) is 0 Å². The van der Waals surface area contributed by atoms with Gasteiger partial charge in [0.1, 0.15) is 0 Å². The van der Waals surface area contributed by atoms with E-state index in [1.807, 2.05) is 0 Å². The molecule has 0 saturated carbocycles.